The Kier molecular flexibility index (Phi) is 4.85. The average molecular weight is 280 g/mol. The van der Waals surface area contributed by atoms with Crippen molar-refractivity contribution in [1.82, 2.24) is 0 Å². The number of amides is 1. The Morgan fingerprint density at radius 1 is 1.37 bits per heavy atom. The van der Waals surface area contributed by atoms with Gasteiger partial charge in [0.25, 0.3) is 0 Å². The highest BCUT2D eigenvalue weighted by atomic mass is 32.2. The predicted molar refractivity (Wildman–Crippen MR) is 79.3 cm³/mol. The van der Waals surface area contributed by atoms with Crippen LogP contribution in [0.3, 0.4) is 0 Å². The number of nitrogens with one attached hydrogen (secondary N) is 1. The lowest BCUT2D eigenvalue weighted by Crippen LogP contribution is -2.54. The average Bonchev–Trinajstić information content (AvgIpc) is 2.42. The number of ether oxygens (including phenoxy) is 1. The van der Waals surface area contributed by atoms with Gasteiger partial charge >= 0.3 is 0 Å². The Labute approximate surface area is 118 Å². The maximum atomic E-state index is 12.2. The van der Waals surface area contributed by atoms with Crippen molar-refractivity contribution in [2.45, 2.75) is 24.1 Å². The van der Waals surface area contributed by atoms with Crippen LogP contribution in [0.1, 0.15) is 18.4 Å². The van der Waals surface area contributed by atoms with Gasteiger partial charge in [-0.05, 0) is 36.8 Å². The third-order valence-electron chi connectivity index (χ3n) is 3.36. The molecule has 1 aliphatic heterocycles. The van der Waals surface area contributed by atoms with E-state index in [1.807, 2.05) is 24.3 Å². The van der Waals surface area contributed by atoms with Crippen LogP contribution in [0.25, 0.3) is 0 Å². The molecule has 4 nitrogen and oxygen atoms in total. The minimum atomic E-state index is -0.795. The van der Waals surface area contributed by atoms with Gasteiger partial charge in [-0.25, -0.2) is 0 Å². The Hall–Kier alpha value is -1.04. The van der Waals surface area contributed by atoms with Crippen LogP contribution < -0.4 is 11.1 Å². The third-order valence-corrected chi connectivity index (χ3v) is 3.98. The second kappa shape index (κ2) is 6.41. The zero-order valence-corrected chi connectivity index (χ0v) is 12.0. The molecule has 1 aromatic rings. The molecule has 0 spiro atoms. The lowest BCUT2D eigenvalue weighted by molar-refractivity contribution is -0.124. The van der Waals surface area contributed by atoms with Crippen LogP contribution in [-0.2, 0) is 15.3 Å². The molecular formula is C14H20N2O2S. The number of carbonyl (C=O) groups excluding carboxylic acids is 1. The Morgan fingerprint density at radius 2 is 2.00 bits per heavy atom. The molecule has 1 saturated heterocycles. The van der Waals surface area contributed by atoms with Gasteiger partial charge in [0, 0.05) is 24.7 Å². The summed E-state index contributed by atoms with van der Waals surface area (Å²) in [4.78, 5) is 12.2. The maximum Gasteiger partial charge on any atom is 0.244 e. The summed E-state index contributed by atoms with van der Waals surface area (Å²) in [6.07, 6.45) is 3.21. The van der Waals surface area contributed by atoms with E-state index in [1.54, 1.807) is 11.8 Å². The smallest absolute Gasteiger partial charge is 0.244 e. The SMILES string of the molecule is CSCc1ccc(NC(=O)C2(N)CCOCC2)cc1. The van der Waals surface area contributed by atoms with Gasteiger partial charge in [0.2, 0.25) is 5.91 Å². The molecule has 1 aliphatic rings. The fourth-order valence-electron chi connectivity index (χ4n) is 2.07. The summed E-state index contributed by atoms with van der Waals surface area (Å²) in [6, 6.07) is 7.90. The van der Waals surface area contributed by atoms with Crippen LogP contribution >= 0.6 is 11.8 Å². The quantitative estimate of drug-likeness (QED) is 0.885. The molecule has 0 aliphatic carbocycles. The molecule has 5 heteroatoms. The van der Waals surface area contributed by atoms with Gasteiger partial charge in [-0.2, -0.15) is 11.8 Å². The molecule has 3 N–H and O–H groups in total. The third kappa shape index (κ3) is 3.72. The van der Waals surface area contributed by atoms with Crippen molar-refractivity contribution in [2.75, 3.05) is 24.8 Å². The minimum absolute atomic E-state index is 0.117. The summed E-state index contributed by atoms with van der Waals surface area (Å²) in [5.41, 5.74) is 7.38. The van der Waals surface area contributed by atoms with Crippen LogP contribution in [0.5, 0.6) is 0 Å². The summed E-state index contributed by atoms with van der Waals surface area (Å²) in [5, 5.41) is 2.90. The maximum absolute atomic E-state index is 12.2. The van der Waals surface area contributed by atoms with Crippen molar-refractivity contribution >= 4 is 23.4 Å². The van der Waals surface area contributed by atoms with E-state index in [4.69, 9.17) is 10.5 Å². The molecule has 0 radical (unpaired) electrons. The normalized spacial score (nSPS) is 18.0. The monoisotopic (exact) mass is 280 g/mol. The van der Waals surface area contributed by atoms with E-state index in [0.717, 1.165) is 11.4 Å². The first-order valence-electron chi connectivity index (χ1n) is 6.40. The molecule has 0 aromatic heterocycles. The second-order valence-corrected chi connectivity index (χ2v) is 5.72. The van der Waals surface area contributed by atoms with Gasteiger partial charge in [0.15, 0.2) is 0 Å². The first-order chi connectivity index (χ1) is 9.14. The van der Waals surface area contributed by atoms with Gasteiger partial charge in [-0.15, -0.1) is 0 Å². The molecule has 0 saturated carbocycles. The number of thioether (sulfide) groups is 1. The molecule has 104 valence electrons. The highest BCUT2D eigenvalue weighted by Gasteiger charge is 2.35. The zero-order valence-electron chi connectivity index (χ0n) is 11.1. The van der Waals surface area contributed by atoms with Gasteiger partial charge in [0.05, 0.1) is 0 Å². The molecule has 1 fully saturated rings. The minimum Gasteiger partial charge on any atom is -0.381 e. The van der Waals surface area contributed by atoms with Gasteiger partial charge in [0.1, 0.15) is 5.54 Å². The lowest BCUT2D eigenvalue weighted by atomic mass is 9.90. The van der Waals surface area contributed by atoms with E-state index >= 15 is 0 Å². The number of hydrogen-bond donors (Lipinski definition) is 2. The van der Waals surface area contributed by atoms with Crippen LogP contribution in [0.4, 0.5) is 5.69 Å². The summed E-state index contributed by atoms with van der Waals surface area (Å²) < 4.78 is 5.25. The molecule has 1 heterocycles. The summed E-state index contributed by atoms with van der Waals surface area (Å²) in [5.74, 6) is 0.861. The van der Waals surface area contributed by atoms with Crippen molar-refractivity contribution in [3.8, 4) is 0 Å². The highest BCUT2D eigenvalue weighted by Crippen LogP contribution is 2.21. The van der Waals surface area contributed by atoms with E-state index in [-0.39, 0.29) is 5.91 Å². The summed E-state index contributed by atoms with van der Waals surface area (Å²) in [7, 11) is 0. The van der Waals surface area contributed by atoms with E-state index < -0.39 is 5.54 Å². The predicted octanol–water partition coefficient (Wildman–Crippen LogP) is 2.00. The number of rotatable bonds is 4. The summed E-state index contributed by atoms with van der Waals surface area (Å²) >= 11 is 1.78. The molecule has 2 rings (SSSR count). The summed E-state index contributed by atoms with van der Waals surface area (Å²) in [6.45, 7) is 1.10. The van der Waals surface area contributed by atoms with Crippen molar-refractivity contribution < 1.29 is 9.53 Å². The zero-order chi connectivity index (χ0) is 13.7. The van der Waals surface area contributed by atoms with E-state index in [2.05, 4.69) is 11.6 Å². The largest absolute Gasteiger partial charge is 0.381 e. The van der Waals surface area contributed by atoms with Gasteiger partial charge in [-0.3, -0.25) is 4.79 Å². The molecule has 0 unspecified atom stereocenters. The first kappa shape index (κ1) is 14.4. The Morgan fingerprint density at radius 3 is 2.58 bits per heavy atom. The van der Waals surface area contributed by atoms with Crippen molar-refractivity contribution in [2.24, 2.45) is 5.73 Å². The highest BCUT2D eigenvalue weighted by molar-refractivity contribution is 7.97. The van der Waals surface area contributed by atoms with Crippen molar-refractivity contribution in [1.29, 1.82) is 0 Å². The lowest BCUT2D eigenvalue weighted by Gasteiger charge is -2.31. The van der Waals surface area contributed by atoms with Crippen LogP contribution in [-0.4, -0.2) is 30.9 Å². The standard InChI is InChI=1S/C14H20N2O2S/c1-19-10-11-2-4-12(5-3-11)16-13(17)14(15)6-8-18-9-7-14/h2-5H,6-10,15H2,1H3,(H,16,17). The van der Waals surface area contributed by atoms with E-state index in [9.17, 15) is 4.79 Å². The fourth-order valence-corrected chi connectivity index (χ4v) is 2.60. The van der Waals surface area contributed by atoms with E-state index in [0.29, 0.717) is 26.1 Å². The van der Waals surface area contributed by atoms with Gasteiger partial charge in [-0.1, -0.05) is 12.1 Å². The molecule has 1 aromatic carbocycles. The number of nitrogens with two attached hydrogens (primary N) is 1. The van der Waals surface area contributed by atoms with E-state index in [1.165, 1.54) is 5.56 Å². The molecule has 0 bridgehead atoms. The first-order valence-corrected chi connectivity index (χ1v) is 7.79. The topological polar surface area (TPSA) is 64.4 Å². The Bertz CT molecular complexity index is 428. The van der Waals surface area contributed by atoms with Crippen LogP contribution in [0.15, 0.2) is 24.3 Å². The number of anilines is 1. The van der Waals surface area contributed by atoms with Crippen molar-refractivity contribution in [3.05, 3.63) is 29.8 Å². The molecule has 1 amide bonds. The van der Waals surface area contributed by atoms with Crippen molar-refractivity contribution in [3.63, 3.8) is 0 Å². The van der Waals surface area contributed by atoms with Crippen LogP contribution in [0, 0.1) is 0 Å². The number of hydrogen-bond acceptors (Lipinski definition) is 4. The molecular weight excluding hydrogens is 260 g/mol. The fraction of sp³-hybridized carbons (Fsp3) is 0.500. The molecule has 19 heavy (non-hydrogen) atoms. The van der Waals surface area contributed by atoms with Crippen LogP contribution in [0.2, 0.25) is 0 Å². The number of carbonyl (C=O) groups is 1. The molecule has 0 atom stereocenters. The van der Waals surface area contributed by atoms with Gasteiger partial charge < -0.3 is 15.8 Å². The Balaban J connectivity index is 1.98. The number of benzene rings is 1. The second-order valence-electron chi connectivity index (χ2n) is 4.85.